The maximum Gasteiger partial charge on any atom is 0.331 e. The predicted octanol–water partition coefficient (Wildman–Crippen LogP) is 2.53. The zero-order chi connectivity index (χ0) is 8.91. The summed E-state index contributed by atoms with van der Waals surface area (Å²) in [7, 11) is 0. The Morgan fingerprint density at radius 2 is 2.09 bits per heavy atom. The second-order valence-corrected chi connectivity index (χ2v) is 2.11. The number of alkyl halides is 3. The first-order valence-corrected chi connectivity index (χ1v) is 3.30. The van der Waals surface area contributed by atoms with Gasteiger partial charge in [0.15, 0.2) is 12.4 Å². The molecule has 0 bridgehead atoms. The van der Waals surface area contributed by atoms with Crippen LogP contribution < -0.4 is 0 Å². The molecule has 0 aliphatic rings. The van der Waals surface area contributed by atoms with E-state index < -0.39 is 18.4 Å². The fourth-order valence-corrected chi connectivity index (χ4v) is 0.405. The molecule has 0 N–H and O–H groups in total. The Bertz CT molecular complexity index is 134. The molecule has 0 amide bonds. The third kappa shape index (κ3) is 3.30. The molecule has 0 rings (SSSR count). The van der Waals surface area contributed by atoms with E-state index in [4.69, 9.17) is 0 Å². The van der Waals surface area contributed by atoms with E-state index in [2.05, 4.69) is 11.3 Å². The van der Waals surface area contributed by atoms with Gasteiger partial charge >= 0.3 is 5.92 Å². The number of rotatable bonds is 5. The molecule has 0 aromatic carbocycles. The van der Waals surface area contributed by atoms with Crippen LogP contribution in [-0.4, -0.2) is 19.2 Å². The normalized spacial score (nSPS) is 11.3. The first-order chi connectivity index (χ1) is 5.04. The van der Waals surface area contributed by atoms with Gasteiger partial charge in [0, 0.05) is 0 Å². The molecule has 0 radical (unpaired) electrons. The molecule has 0 saturated carbocycles. The van der Waals surface area contributed by atoms with Gasteiger partial charge in [-0.2, -0.15) is 8.78 Å². The number of allylic oxidation sites excluding steroid dienone is 1. The van der Waals surface area contributed by atoms with Crippen LogP contribution in [0.5, 0.6) is 0 Å². The van der Waals surface area contributed by atoms with Crippen LogP contribution in [-0.2, 0) is 4.74 Å². The number of hydrogen-bond donors (Lipinski definition) is 0. The Balaban J connectivity index is 3.82. The summed E-state index contributed by atoms with van der Waals surface area (Å²) in [6.45, 7) is 3.08. The summed E-state index contributed by atoms with van der Waals surface area (Å²) in [6, 6.07) is 0. The van der Waals surface area contributed by atoms with Gasteiger partial charge in [0.1, 0.15) is 0 Å². The molecule has 0 atom stereocenters. The Labute approximate surface area is 63.8 Å². The van der Waals surface area contributed by atoms with Crippen molar-refractivity contribution >= 4 is 0 Å². The first-order valence-electron chi connectivity index (χ1n) is 3.30. The lowest BCUT2D eigenvalue weighted by Gasteiger charge is -2.15. The van der Waals surface area contributed by atoms with Crippen LogP contribution in [0, 0.1) is 0 Å². The fourth-order valence-electron chi connectivity index (χ4n) is 0.405. The summed E-state index contributed by atoms with van der Waals surface area (Å²) in [5.41, 5.74) is 0. The highest BCUT2D eigenvalue weighted by Crippen LogP contribution is 2.23. The number of hydrogen-bond acceptors (Lipinski definition) is 1. The van der Waals surface area contributed by atoms with E-state index in [1.54, 1.807) is 6.92 Å². The van der Waals surface area contributed by atoms with Crippen LogP contribution in [0.1, 0.15) is 13.3 Å². The van der Waals surface area contributed by atoms with Crippen molar-refractivity contribution in [2.24, 2.45) is 0 Å². The van der Waals surface area contributed by atoms with E-state index in [-0.39, 0.29) is 6.61 Å². The predicted molar refractivity (Wildman–Crippen MR) is 36.3 cm³/mol. The minimum absolute atomic E-state index is 0.147. The largest absolute Gasteiger partial charge is 0.492 e. The molecular formula is C7H11F3O. The first kappa shape index (κ1) is 10.3. The lowest BCUT2D eigenvalue weighted by atomic mass is 10.3. The van der Waals surface area contributed by atoms with Gasteiger partial charge in [-0.25, -0.2) is 4.39 Å². The van der Waals surface area contributed by atoms with Gasteiger partial charge in [-0.05, 0) is 6.42 Å². The average molecular weight is 168 g/mol. The molecule has 4 heteroatoms. The van der Waals surface area contributed by atoms with Gasteiger partial charge in [-0.15, -0.1) is 0 Å². The van der Waals surface area contributed by atoms with Crippen LogP contribution in [0.3, 0.4) is 0 Å². The highest BCUT2D eigenvalue weighted by molar-refractivity contribution is 4.98. The van der Waals surface area contributed by atoms with E-state index in [0.717, 1.165) is 0 Å². The van der Waals surface area contributed by atoms with Crippen LogP contribution >= 0.6 is 0 Å². The van der Waals surface area contributed by atoms with Gasteiger partial charge in [0.05, 0.1) is 6.61 Å². The van der Waals surface area contributed by atoms with Crippen LogP contribution in [0.4, 0.5) is 13.2 Å². The standard InChI is InChI=1S/C7H11F3O/c1-3-4-11-6(2)7(9,10)5-8/h2-5H2,1H3. The lowest BCUT2D eigenvalue weighted by Crippen LogP contribution is -2.23. The highest BCUT2D eigenvalue weighted by Gasteiger charge is 2.34. The summed E-state index contributed by atoms with van der Waals surface area (Å²) in [5, 5.41) is 0. The molecule has 0 saturated heterocycles. The molecule has 0 heterocycles. The van der Waals surface area contributed by atoms with Gasteiger partial charge in [-0.1, -0.05) is 13.5 Å². The molecule has 0 unspecified atom stereocenters. The second-order valence-electron chi connectivity index (χ2n) is 2.11. The van der Waals surface area contributed by atoms with Crippen molar-refractivity contribution in [1.29, 1.82) is 0 Å². The zero-order valence-electron chi connectivity index (χ0n) is 6.37. The minimum Gasteiger partial charge on any atom is -0.492 e. The van der Waals surface area contributed by atoms with Crippen molar-refractivity contribution in [2.45, 2.75) is 19.3 Å². The van der Waals surface area contributed by atoms with E-state index in [9.17, 15) is 13.2 Å². The topological polar surface area (TPSA) is 9.23 Å². The minimum atomic E-state index is -3.53. The molecule has 1 nitrogen and oxygen atoms in total. The van der Waals surface area contributed by atoms with Crippen molar-refractivity contribution in [1.82, 2.24) is 0 Å². The molecule has 0 spiro atoms. The quantitative estimate of drug-likeness (QED) is 0.573. The van der Waals surface area contributed by atoms with Crippen molar-refractivity contribution in [3.8, 4) is 0 Å². The van der Waals surface area contributed by atoms with Gasteiger partial charge < -0.3 is 4.74 Å². The van der Waals surface area contributed by atoms with E-state index >= 15 is 0 Å². The van der Waals surface area contributed by atoms with Gasteiger partial charge in [-0.3, -0.25) is 0 Å². The van der Waals surface area contributed by atoms with Crippen molar-refractivity contribution < 1.29 is 17.9 Å². The van der Waals surface area contributed by atoms with Crippen molar-refractivity contribution in [3.05, 3.63) is 12.3 Å². The number of halogens is 3. The smallest absolute Gasteiger partial charge is 0.331 e. The maximum absolute atomic E-state index is 12.3. The molecule has 11 heavy (non-hydrogen) atoms. The Hall–Kier alpha value is -0.670. The Kier molecular flexibility index (Phi) is 4.00. The summed E-state index contributed by atoms with van der Waals surface area (Å²) in [4.78, 5) is 0. The summed E-state index contributed by atoms with van der Waals surface area (Å²) < 4.78 is 40.6. The van der Waals surface area contributed by atoms with E-state index in [1.807, 2.05) is 0 Å². The SMILES string of the molecule is C=C(OCCC)C(F)(F)CF. The van der Waals surface area contributed by atoms with Gasteiger partial charge in [0.2, 0.25) is 0 Å². The summed E-state index contributed by atoms with van der Waals surface area (Å²) in [6.07, 6.45) is 0.599. The average Bonchev–Trinajstić information content (AvgIpc) is 2.00. The molecule has 0 fully saturated rings. The third-order valence-corrected chi connectivity index (χ3v) is 1.06. The Morgan fingerprint density at radius 1 is 1.55 bits per heavy atom. The van der Waals surface area contributed by atoms with Crippen LogP contribution in [0.15, 0.2) is 12.3 Å². The van der Waals surface area contributed by atoms with E-state index in [1.165, 1.54) is 0 Å². The van der Waals surface area contributed by atoms with Crippen molar-refractivity contribution in [2.75, 3.05) is 13.3 Å². The second kappa shape index (κ2) is 4.26. The maximum atomic E-state index is 12.3. The monoisotopic (exact) mass is 168 g/mol. The molecular weight excluding hydrogens is 157 g/mol. The molecule has 0 aromatic rings. The Morgan fingerprint density at radius 3 is 2.45 bits per heavy atom. The number of ether oxygens (including phenoxy) is 1. The molecule has 0 aliphatic heterocycles. The lowest BCUT2D eigenvalue weighted by molar-refractivity contribution is -0.0385. The molecule has 0 aromatic heterocycles. The summed E-state index contributed by atoms with van der Waals surface area (Å²) >= 11 is 0. The van der Waals surface area contributed by atoms with Gasteiger partial charge in [0.25, 0.3) is 0 Å². The highest BCUT2D eigenvalue weighted by atomic mass is 19.3. The van der Waals surface area contributed by atoms with E-state index in [0.29, 0.717) is 6.42 Å². The third-order valence-electron chi connectivity index (χ3n) is 1.06. The van der Waals surface area contributed by atoms with Crippen LogP contribution in [0.25, 0.3) is 0 Å². The fraction of sp³-hybridized carbons (Fsp3) is 0.714. The van der Waals surface area contributed by atoms with Crippen LogP contribution in [0.2, 0.25) is 0 Å². The molecule has 0 aliphatic carbocycles. The zero-order valence-corrected chi connectivity index (χ0v) is 6.37. The van der Waals surface area contributed by atoms with Crippen molar-refractivity contribution in [3.63, 3.8) is 0 Å². The molecule has 66 valence electrons. The summed E-state index contributed by atoms with van der Waals surface area (Å²) in [5.74, 6) is -4.32.